The molecule has 16 heteroatoms. The van der Waals surface area contributed by atoms with E-state index in [0.717, 1.165) is 26.3 Å². The van der Waals surface area contributed by atoms with Crippen LogP contribution in [0, 0.1) is 5.82 Å². The summed E-state index contributed by atoms with van der Waals surface area (Å²) in [5.74, 6) is -2.23. The van der Waals surface area contributed by atoms with E-state index in [-0.39, 0.29) is 43.6 Å². The Kier molecular flexibility index (Phi) is 7.52. The van der Waals surface area contributed by atoms with Crippen molar-refractivity contribution < 1.29 is 36.6 Å². The maximum Gasteiger partial charge on any atom is 0.431 e. The first-order valence-corrected chi connectivity index (χ1v) is 10.0. The molecule has 192 valence electrons. The lowest BCUT2D eigenvalue weighted by Gasteiger charge is -2.16. The first-order valence-electron chi connectivity index (χ1n) is 9.65. The standard InChI is InChI=1S/C20H16ClF4N5O6/c1-29-13(20(23,24)25)6-16(31)30(19(29)33)12-5-11(9(21)4-10(12)22)26-18-27-14(34-2)7-15(28-18)36-8-17(32)35-3/h4-7H,8H2,1-3H3,(H,26,27,28). The number of esters is 1. The van der Waals surface area contributed by atoms with Gasteiger partial charge in [0.15, 0.2) is 6.61 Å². The van der Waals surface area contributed by atoms with E-state index in [1.807, 2.05) is 0 Å². The van der Waals surface area contributed by atoms with Crippen LogP contribution in [0.5, 0.6) is 11.8 Å². The van der Waals surface area contributed by atoms with Gasteiger partial charge in [-0.3, -0.25) is 9.36 Å². The molecule has 0 spiro atoms. The van der Waals surface area contributed by atoms with E-state index in [1.54, 1.807) is 0 Å². The Morgan fingerprint density at radius 3 is 2.39 bits per heavy atom. The van der Waals surface area contributed by atoms with Crippen molar-refractivity contribution in [1.82, 2.24) is 19.1 Å². The third kappa shape index (κ3) is 5.56. The molecular formula is C20H16ClF4N5O6. The quantitative estimate of drug-likeness (QED) is 0.360. The highest BCUT2D eigenvalue weighted by molar-refractivity contribution is 6.33. The monoisotopic (exact) mass is 533 g/mol. The van der Waals surface area contributed by atoms with Gasteiger partial charge < -0.3 is 19.5 Å². The number of alkyl halides is 3. The zero-order chi connectivity index (χ0) is 26.8. The number of carbonyl (C=O) groups is 1. The van der Waals surface area contributed by atoms with E-state index in [0.29, 0.717) is 0 Å². The van der Waals surface area contributed by atoms with Gasteiger partial charge >= 0.3 is 17.8 Å². The second kappa shape index (κ2) is 10.2. The molecule has 0 radical (unpaired) electrons. The number of hydrogen-bond donors (Lipinski definition) is 1. The van der Waals surface area contributed by atoms with Gasteiger partial charge in [-0.1, -0.05) is 11.6 Å². The Morgan fingerprint density at radius 1 is 1.11 bits per heavy atom. The molecule has 0 atom stereocenters. The average molecular weight is 534 g/mol. The van der Waals surface area contributed by atoms with Crippen molar-refractivity contribution in [2.45, 2.75) is 6.18 Å². The number of halogens is 5. The number of hydrogen-bond acceptors (Lipinski definition) is 9. The Hall–Kier alpha value is -4.14. The van der Waals surface area contributed by atoms with Crippen LogP contribution in [0.4, 0.5) is 29.2 Å². The molecule has 2 heterocycles. The summed E-state index contributed by atoms with van der Waals surface area (Å²) in [5, 5.41) is 2.36. The molecule has 11 nitrogen and oxygen atoms in total. The number of rotatable bonds is 7. The molecule has 0 aliphatic rings. The van der Waals surface area contributed by atoms with Gasteiger partial charge in [-0.25, -0.2) is 18.5 Å². The summed E-state index contributed by atoms with van der Waals surface area (Å²) in [6, 6.07) is 3.05. The Labute approximate surface area is 203 Å². The highest BCUT2D eigenvalue weighted by Crippen LogP contribution is 2.31. The molecule has 0 bridgehead atoms. The van der Waals surface area contributed by atoms with Crippen LogP contribution in [0.15, 0.2) is 33.9 Å². The lowest BCUT2D eigenvalue weighted by atomic mass is 10.2. The van der Waals surface area contributed by atoms with Crippen molar-refractivity contribution in [1.29, 1.82) is 0 Å². The summed E-state index contributed by atoms with van der Waals surface area (Å²) < 4.78 is 69.2. The SMILES string of the molecule is COC(=O)COc1cc(OC)nc(Nc2cc(-n3c(=O)cc(C(F)(F)F)n(C)c3=O)c(F)cc2Cl)n1. The van der Waals surface area contributed by atoms with E-state index >= 15 is 0 Å². The molecule has 3 rings (SSSR count). The molecule has 0 saturated carbocycles. The second-order valence-electron chi connectivity index (χ2n) is 6.89. The Balaban J connectivity index is 2.07. The topological polar surface area (TPSA) is 127 Å². The minimum Gasteiger partial charge on any atom is -0.481 e. The molecule has 36 heavy (non-hydrogen) atoms. The Morgan fingerprint density at radius 2 is 1.78 bits per heavy atom. The summed E-state index contributed by atoms with van der Waals surface area (Å²) in [4.78, 5) is 44.2. The Bertz CT molecular complexity index is 1440. The summed E-state index contributed by atoms with van der Waals surface area (Å²) in [7, 11) is 3.22. The first kappa shape index (κ1) is 26.5. The fourth-order valence-corrected chi connectivity index (χ4v) is 3.07. The molecule has 3 aromatic rings. The minimum absolute atomic E-state index is 0.0151. The first-order chi connectivity index (χ1) is 16.8. The fraction of sp³-hybridized carbons (Fsp3) is 0.250. The molecule has 0 saturated heterocycles. The molecule has 0 amide bonds. The van der Waals surface area contributed by atoms with E-state index in [1.165, 1.54) is 13.2 Å². The van der Waals surface area contributed by atoms with Gasteiger partial charge in [-0.2, -0.15) is 23.1 Å². The minimum atomic E-state index is -4.99. The predicted molar refractivity (Wildman–Crippen MR) is 117 cm³/mol. The maximum atomic E-state index is 14.7. The zero-order valence-corrected chi connectivity index (χ0v) is 19.4. The highest BCUT2D eigenvalue weighted by Gasteiger charge is 2.35. The summed E-state index contributed by atoms with van der Waals surface area (Å²) >= 11 is 6.07. The number of nitrogens with one attached hydrogen (secondary N) is 1. The lowest BCUT2D eigenvalue weighted by Crippen LogP contribution is -2.41. The van der Waals surface area contributed by atoms with Crippen LogP contribution in [0.3, 0.4) is 0 Å². The lowest BCUT2D eigenvalue weighted by molar-refractivity contribution is -0.144. The van der Waals surface area contributed by atoms with Crippen molar-refractivity contribution >= 4 is 29.2 Å². The van der Waals surface area contributed by atoms with Crippen molar-refractivity contribution in [3.05, 3.63) is 61.6 Å². The third-order valence-electron chi connectivity index (χ3n) is 4.59. The molecular weight excluding hydrogens is 518 g/mol. The summed E-state index contributed by atoms with van der Waals surface area (Å²) in [5.41, 5.74) is -5.20. The fourth-order valence-electron chi connectivity index (χ4n) is 2.87. The van der Waals surface area contributed by atoms with Gasteiger partial charge in [0.1, 0.15) is 11.5 Å². The van der Waals surface area contributed by atoms with Crippen LogP contribution >= 0.6 is 11.6 Å². The van der Waals surface area contributed by atoms with Crippen molar-refractivity contribution in [3.8, 4) is 17.4 Å². The third-order valence-corrected chi connectivity index (χ3v) is 4.90. The van der Waals surface area contributed by atoms with Crippen LogP contribution in [-0.4, -0.2) is 45.9 Å². The number of carbonyl (C=O) groups excluding carboxylic acids is 1. The van der Waals surface area contributed by atoms with Crippen molar-refractivity contribution in [2.75, 3.05) is 26.1 Å². The second-order valence-corrected chi connectivity index (χ2v) is 7.30. The van der Waals surface area contributed by atoms with E-state index < -0.39 is 47.2 Å². The van der Waals surface area contributed by atoms with Gasteiger partial charge in [0.25, 0.3) is 5.56 Å². The van der Waals surface area contributed by atoms with Crippen molar-refractivity contribution in [3.63, 3.8) is 0 Å². The van der Waals surface area contributed by atoms with E-state index in [2.05, 4.69) is 20.0 Å². The maximum absolute atomic E-state index is 14.7. The van der Waals surface area contributed by atoms with E-state index in [9.17, 15) is 31.9 Å². The van der Waals surface area contributed by atoms with Gasteiger partial charge in [0.05, 0.1) is 36.7 Å². The predicted octanol–water partition coefficient (Wildman–Crippen LogP) is 2.44. The molecule has 1 N–H and O–H groups in total. The highest BCUT2D eigenvalue weighted by atomic mass is 35.5. The molecule has 0 aliphatic carbocycles. The van der Waals surface area contributed by atoms with Gasteiger partial charge in [0, 0.05) is 13.1 Å². The van der Waals surface area contributed by atoms with Gasteiger partial charge in [-0.15, -0.1) is 0 Å². The number of anilines is 2. The molecule has 0 fully saturated rings. The summed E-state index contributed by atoms with van der Waals surface area (Å²) in [6.45, 7) is -0.488. The number of methoxy groups -OCH3 is 2. The van der Waals surface area contributed by atoms with Crippen LogP contribution in [0.1, 0.15) is 5.69 Å². The summed E-state index contributed by atoms with van der Waals surface area (Å²) in [6.07, 6.45) is -4.99. The van der Waals surface area contributed by atoms with Crippen LogP contribution in [-0.2, 0) is 22.8 Å². The van der Waals surface area contributed by atoms with Gasteiger partial charge in [-0.05, 0) is 12.1 Å². The number of nitrogens with zero attached hydrogens (tertiary/aromatic N) is 4. The average Bonchev–Trinajstić information content (AvgIpc) is 2.81. The largest absolute Gasteiger partial charge is 0.481 e. The van der Waals surface area contributed by atoms with Crippen LogP contribution < -0.4 is 26.0 Å². The number of benzene rings is 1. The molecule has 1 aromatic carbocycles. The van der Waals surface area contributed by atoms with E-state index in [4.69, 9.17) is 21.1 Å². The zero-order valence-electron chi connectivity index (χ0n) is 18.6. The molecule has 0 aliphatic heterocycles. The smallest absolute Gasteiger partial charge is 0.431 e. The van der Waals surface area contributed by atoms with Crippen LogP contribution in [0.2, 0.25) is 5.02 Å². The van der Waals surface area contributed by atoms with Crippen LogP contribution in [0.25, 0.3) is 5.69 Å². The molecule has 2 aromatic heterocycles. The number of ether oxygens (including phenoxy) is 3. The number of aromatic nitrogens is 4. The van der Waals surface area contributed by atoms with Gasteiger partial charge in [0.2, 0.25) is 17.7 Å². The van der Waals surface area contributed by atoms with Crippen molar-refractivity contribution in [2.24, 2.45) is 7.05 Å². The molecule has 0 unspecified atom stereocenters. The normalized spacial score (nSPS) is 11.2.